The molecule has 22 heavy (non-hydrogen) atoms. The van der Waals surface area contributed by atoms with Crippen molar-refractivity contribution in [3.8, 4) is 22.6 Å². The standard InChI is InChI=1S/C16H12N2O4/c1-21-15-13(7-8-14(18-10-20)16(15)22-2)11-3-5-12(6-4-11)17-9-19/h3-8H,1-2H3. The lowest BCUT2D eigenvalue weighted by Gasteiger charge is -2.14. The second-order valence-electron chi connectivity index (χ2n) is 4.15. The summed E-state index contributed by atoms with van der Waals surface area (Å²) in [5, 5.41) is 0. The number of methoxy groups -OCH3 is 2. The summed E-state index contributed by atoms with van der Waals surface area (Å²) in [7, 11) is 2.97. The van der Waals surface area contributed by atoms with Crippen molar-refractivity contribution >= 4 is 23.5 Å². The molecule has 110 valence electrons. The van der Waals surface area contributed by atoms with E-state index in [1.807, 2.05) is 0 Å². The van der Waals surface area contributed by atoms with Crippen molar-refractivity contribution in [2.24, 2.45) is 9.98 Å². The summed E-state index contributed by atoms with van der Waals surface area (Å²) in [4.78, 5) is 27.8. The van der Waals surface area contributed by atoms with Crippen molar-refractivity contribution < 1.29 is 19.1 Å². The van der Waals surface area contributed by atoms with Gasteiger partial charge in [-0.2, -0.15) is 9.98 Å². The number of aliphatic imine (C=N–C) groups is 2. The van der Waals surface area contributed by atoms with Crippen LogP contribution in [0.15, 0.2) is 46.4 Å². The molecule has 0 atom stereocenters. The highest BCUT2D eigenvalue weighted by molar-refractivity contribution is 5.80. The lowest BCUT2D eigenvalue weighted by Crippen LogP contribution is -1.94. The molecule has 0 aliphatic heterocycles. The number of carbonyl (C=O) groups excluding carboxylic acids is 2. The van der Waals surface area contributed by atoms with Gasteiger partial charge in [0.1, 0.15) is 5.69 Å². The monoisotopic (exact) mass is 296 g/mol. The van der Waals surface area contributed by atoms with Gasteiger partial charge >= 0.3 is 0 Å². The van der Waals surface area contributed by atoms with Crippen molar-refractivity contribution in [2.75, 3.05) is 14.2 Å². The molecule has 0 bridgehead atoms. The number of isocyanates is 2. The van der Waals surface area contributed by atoms with E-state index in [0.717, 1.165) is 11.1 Å². The third-order valence-electron chi connectivity index (χ3n) is 3.02. The second-order valence-corrected chi connectivity index (χ2v) is 4.15. The largest absolute Gasteiger partial charge is 0.492 e. The Bertz CT molecular complexity index is 771. The van der Waals surface area contributed by atoms with Crippen LogP contribution in [0.2, 0.25) is 0 Å². The highest BCUT2D eigenvalue weighted by atomic mass is 16.5. The molecule has 2 aromatic rings. The van der Waals surface area contributed by atoms with Crippen LogP contribution in [0.3, 0.4) is 0 Å². The quantitative estimate of drug-likeness (QED) is 0.626. The molecule has 6 nitrogen and oxygen atoms in total. The van der Waals surface area contributed by atoms with Crippen molar-refractivity contribution in [2.45, 2.75) is 0 Å². The van der Waals surface area contributed by atoms with Crippen molar-refractivity contribution in [3.05, 3.63) is 36.4 Å². The molecule has 0 unspecified atom stereocenters. The molecule has 0 saturated heterocycles. The van der Waals surface area contributed by atoms with E-state index in [9.17, 15) is 9.59 Å². The van der Waals surface area contributed by atoms with Gasteiger partial charge in [0.05, 0.1) is 19.9 Å². The predicted molar refractivity (Wildman–Crippen MR) is 80.5 cm³/mol. The van der Waals surface area contributed by atoms with Crippen LogP contribution in [0, 0.1) is 0 Å². The van der Waals surface area contributed by atoms with E-state index in [1.165, 1.54) is 26.4 Å². The van der Waals surface area contributed by atoms with E-state index in [-0.39, 0.29) is 0 Å². The van der Waals surface area contributed by atoms with Gasteiger partial charge in [-0.3, -0.25) is 0 Å². The first-order chi connectivity index (χ1) is 10.7. The SMILES string of the molecule is COc1c(N=C=O)ccc(-c2ccc(N=C=O)cc2)c1OC. The zero-order chi connectivity index (χ0) is 15.9. The first kappa shape index (κ1) is 15.2. The van der Waals surface area contributed by atoms with Gasteiger partial charge in [-0.15, -0.1) is 0 Å². The lowest BCUT2D eigenvalue weighted by atomic mass is 10.0. The summed E-state index contributed by atoms with van der Waals surface area (Å²) in [5.41, 5.74) is 2.43. The minimum Gasteiger partial charge on any atom is -0.492 e. The summed E-state index contributed by atoms with van der Waals surface area (Å²) >= 11 is 0. The molecule has 0 spiro atoms. The molecule has 0 aromatic heterocycles. The average Bonchev–Trinajstić information content (AvgIpc) is 2.55. The zero-order valence-corrected chi connectivity index (χ0v) is 12.0. The third-order valence-corrected chi connectivity index (χ3v) is 3.02. The topological polar surface area (TPSA) is 77.3 Å². The Morgan fingerprint density at radius 2 is 1.45 bits per heavy atom. The smallest absolute Gasteiger partial charge is 0.240 e. The fraction of sp³-hybridized carbons (Fsp3) is 0.125. The Balaban J connectivity index is 2.59. The highest BCUT2D eigenvalue weighted by Gasteiger charge is 2.16. The molecule has 0 radical (unpaired) electrons. The second kappa shape index (κ2) is 6.99. The molecule has 2 aromatic carbocycles. The molecule has 0 fully saturated rings. The van der Waals surface area contributed by atoms with E-state index < -0.39 is 0 Å². The number of hydrogen-bond acceptors (Lipinski definition) is 6. The molecule has 2 rings (SSSR count). The maximum absolute atomic E-state index is 10.5. The number of nitrogens with zero attached hydrogens (tertiary/aromatic N) is 2. The molecule has 0 amide bonds. The Labute approximate surface area is 126 Å². The third kappa shape index (κ3) is 2.94. The minimum absolute atomic E-state index is 0.334. The van der Waals surface area contributed by atoms with Crippen molar-refractivity contribution in [1.82, 2.24) is 0 Å². The van der Waals surface area contributed by atoms with Gasteiger partial charge < -0.3 is 9.47 Å². The van der Waals surface area contributed by atoms with Gasteiger partial charge in [0.2, 0.25) is 12.2 Å². The van der Waals surface area contributed by atoms with E-state index in [4.69, 9.17) is 9.47 Å². The van der Waals surface area contributed by atoms with E-state index in [1.54, 1.807) is 36.4 Å². The number of ether oxygens (including phenoxy) is 2. The highest BCUT2D eigenvalue weighted by Crippen LogP contribution is 2.44. The predicted octanol–water partition coefficient (Wildman–Crippen LogP) is 3.31. The van der Waals surface area contributed by atoms with Crippen molar-refractivity contribution in [3.63, 3.8) is 0 Å². The molecular formula is C16H12N2O4. The summed E-state index contributed by atoms with van der Waals surface area (Å²) in [5.74, 6) is 0.795. The van der Waals surface area contributed by atoms with Crippen LogP contribution in [-0.4, -0.2) is 26.4 Å². The normalized spacial score (nSPS) is 9.36. The lowest BCUT2D eigenvalue weighted by molar-refractivity contribution is 0.357. The molecular weight excluding hydrogens is 284 g/mol. The van der Waals surface area contributed by atoms with Crippen LogP contribution in [-0.2, 0) is 9.59 Å². The number of benzene rings is 2. The van der Waals surface area contributed by atoms with Gasteiger partial charge in [0.15, 0.2) is 11.5 Å². The summed E-state index contributed by atoms with van der Waals surface area (Å²) < 4.78 is 10.7. The van der Waals surface area contributed by atoms with Crippen LogP contribution >= 0.6 is 0 Å². The van der Waals surface area contributed by atoms with Gasteiger partial charge in [-0.25, -0.2) is 9.59 Å². The van der Waals surface area contributed by atoms with Crippen LogP contribution < -0.4 is 9.47 Å². The first-order valence-corrected chi connectivity index (χ1v) is 6.26. The van der Waals surface area contributed by atoms with Crippen LogP contribution in [0.25, 0.3) is 11.1 Å². The van der Waals surface area contributed by atoms with Gasteiger partial charge in [0, 0.05) is 5.56 Å². The molecule has 0 aliphatic carbocycles. The van der Waals surface area contributed by atoms with Gasteiger partial charge in [-0.1, -0.05) is 12.1 Å². The fourth-order valence-corrected chi connectivity index (χ4v) is 2.08. The Kier molecular flexibility index (Phi) is 4.83. The van der Waals surface area contributed by atoms with Crippen LogP contribution in [0.1, 0.15) is 0 Å². The molecule has 0 heterocycles. The molecule has 6 heteroatoms. The Hall–Kier alpha value is -3.20. The molecule has 0 N–H and O–H groups in total. The van der Waals surface area contributed by atoms with Gasteiger partial charge in [-0.05, 0) is 29.8 Å². The first-order valence-electron chi connectivity index (χ1n) is 6.26. The van der Waals surface area contributed by atoms with Crippen LogP contribution in [0.5, 0.6) is 11.5 Å². The Morgan fingerprint density at radius 3 is 2.00 bits per heavy atom. The fourth-order valence-electron chi connectivity index (χ4n) is 2.08. The van der Waals surface area contributed by atoms with E-state index >= 15 is 0 Å². The van der Waals surface area contributed by atoms with Crippen LogP contribution in [0.4, 0.5) is 11.4 Å². The average molecular weight is 296 g/mol. The van der Waals surface area contributed by atoms with Gasteiger partial charge in [0.25, 0.3) is 0 Å². The number of rotatable bonds is 5. The summed E-state index contributed by atoms with van der Waals surface area (Å²) in [6.45, 7) is 0. The molecule has 0 saturated carbocycles. The minimum atomic E-state index is 0.334. The number of hydrogen-bond donors (Lipinski definition) is 0. The summed E-state index contributed by atoms with van der Waals surface area (Å²) in [6.07, 6.45) is 2.97. The molecule has 0 aliphatic rings. The van der Waals surface area contributed by atoms with E-state index in [0.29, 0.717) is 22.9 Å². The maximum atomic E-state index is 10.5. The van der Waals surface area contributed by atoms with Crippen molar-refractivity contribution in [1.29, 1.82) is 0 Å². The van der Waals surface area contributed by atoms with E-state index in [2.05, 4.69) is 9.98 Å². The summed E-state index contributed by atoms with van der Waals surface area (Å²) in [6, 6.07) is 10.3. The Morgan fingerprint density at radius 1 is 0.818 bits per heavy atom. The zero-order valence-electron chi connectivity index (χ0n) is 12.0. The maximum Gasteiger partial charge on any atom is 0.240 e.